The SMILES string of the molecule is CSC1CCCC1Nc1nnc(CCCl)o1. The normalized spacial score (nSPS) is 24.9. The maximum absolute atomic E-state index is 5.61. The van der Waals surface area contributed by atoms with Crippen molar-refractivity contribution in [1.82, 2.24) is 10.2 Å². The number of halogens is 1. The van der Waals surface area contributed by atoms with Gasteiger partial charge in [-0.2, -0.15) is 11.8 Å². The van der Waals surface area contributed by atoms with Crippen LogP contribution in [0.25, 0.3) is 0 Å². The molecule has 0 radical (unpaired) electrons. The highest BCUT2D eigenvalue weighted by Gasteiger charge is 2.27. The molecule has 1 aliphatic carbocycles. The molecule has 1 aliphatic rings. The number of hydrogen-bond donors (Lipinski definition) is 1. The molecule has 0 amide bonds. The maximum atomic E-state index is 5.61. The van der Waals surface area contributed by atoms with Gasteiger partial charge in [0.25, 0.3) is 0 Å². The molecule has 2 unspecified atom stereocenters. The second-order valence-electron chi connectivity index (χ2n) is 3.90. The molecule has 0 aromatic carbocycles. The number of alkyl halides is 1. The van der Waals surface area contributed by atoms with Gasteiger partial charge in [0.1, 0.15) is 0 Å². The number of rotatable bonds is 5. The van der Waals surface area contributed by atoms with Gasteiger partial charge in [0.15, 0.2) is 0 Å². The van der Waals surface area contributed by atoms with Crippen LogP contribution in [0.5, 0.6) is 0 Å². The smallest absolute Gasteiger partial charge is 0.315 e. The van der Waals surface area contributed by atoms with Crippen LogP contribution in [0.3, 0.4) is 0 Å². The first-order valence-electron chi connectivity index (χ1n) is 5.51. The molecule has 16 heavy (non-hydrogen) atoms. The van der Waals surface area contributed by atoms with Crippen molar-refractivity contribution in [3.63, 3.8) is 0 Å². The summed E-state index contributed by atoms with van der Waals surface area (Å²) in [5, 5.41) is 11.9. The lowest BCUT2D eigenvalue weighted by molar-refractivity contribution is 0.505. The fraction of sp³-hybridized carbons (Fsp3) is 0.800. The Kier molecular flexibility index (Phi) is 4.35. The third-order valence-electron chi connectivity index (χ3n) is 2.84. The molecular weight excluding hydrogens is 246 g/mol. The minimum atomic E-state index is 0.458. The zero-order valence-corrected chi connectivity index (χ0v) is 10.9. The van der Waals surface area contributed by atoms with Gasteiger partial charge in [0.05, 0.1) is 0 Å². The summed E-state index contributed by atoms with van der Waals surface area (Å²) in [6.45, 7) is 0. The highest BCUT2D eigenvalue weighted by molar-refractivity contribution is 7.99. The van der Waals surface area contributed by atoms with E-state index in [2.05, 4.69) is 21.8 Å². The van der Waals surface area contributed by atoms with Crippen molar-refractivity contribution in [2.24, 2.45) is 0 Å². The molecule has 0 bridgehead atoms. The highest BCUT2D eigenvalue weighted by atomic mass is 35.5. The van der Waals surface area contributed by atoms with Crippen molar-refractivity contribution >= 4 is 29.4 Å². The number of aromatic nitrogens is 2. The zero-order valence-electron chi connectivity index (χ0n) is 9.28. The summed E-state index contributed by atoms with van der Waals surface area (Å²) in [5.41, 5.74) is 0. The van der Waals surface area contributed by atoms with Gasteiger partial charge in [-0.15, -0.1) is 16.7 Å². The summed E-state index contributed by atoms with van der Waals surface area (Å²) < 4.78 is 5.45. The van der Waals surface area contributed by atoms with Crippen LogP contribution in [0.4, 0.5) is 6.01 Å². The molecular formula is C10H16ClN3OS. The highest BCUT2D eigenvalue weighted by Crippen LogP contribution is 2.30. The Morgan fingerprint density at radius 3 is 3.12 bits per heavy atom. The first kappa shape index (κ1) is 12.0. The van der Waals surface area contributed by atoms with E-state index in [0.717, 1.165) is 0 Å². The van der Waals surface area contributed by atoms with Gasteiger partial charge >= 0.3 is 6.01 Å². The van der Waals surface area contributed by atoms with Crippen LogP contribution in [-0.2, 0) is 6.42 Å². The minimum Gasteiger partial charge on any atom is -0.408 e. The quantitative estimate of drug-likeness (QED) is 0.826. The van der Waals surface area contributed by atoms with Crippen molar-refractivity contribution in [3.8, 4) is 0 Å². The predicted molar refractivity (Wildman–Crippen MR) is 67.3 cm³/mol. The topological polar surface area (TPSA) is 51.0 Å². The van der Waals surface area contributed by atoms with Gasteiger partial charge < -0.3 is 9.73 Å². The van der Waals surface area contributed by atoms with Gasteiger partial charge in [-0.25, -0.2) is 0 Å². The number of nitrogens with zero attached hydrogens (tertiary/aromatic N) is 2. The lowest BCUT2D eigenvalue weighted by Crippen LogP contribution is -2.25. The minimum absolute atomic E-state index is 0.458. The van der Waals surface area contributed by atoms with E-state index < -0.39 is 0 Å². The molecule has 1 heterocycles. The van der Waals surface area contributed by atoms with Crippen LogP contribution in [0, 0.1) is 0 Å². The van der Waals surface area contributed by atoms with Crippen LogP contribution in [0.1, 0.15) is 25.2 Å². The standard InChI is InChI=1S/C10H16ClN3OS/c1-16-8-4-2-3-7(8)12-10-14-13-9(15-10)5-6-11/h7-8H,2-6H2,1H3,(H,12,14). The summed E-state index contributed by atoms with van der Waals surface area (Å²) in [7, 11) is 0. The molecule has 1 N–H and O–H groups in total. The van der Waals surface area contributed by atoms with Crippen LogP contribution in [-0.4, -0.2) is 33.6 Å². The van der Waals surface area contributed by atoms with Crippen LogP contribution in [0.15, 0.2) is 4.42 Å². The summed E-state index contributed by atoms with van der Waals surface area (Å²) in [5.74, 6) is 1.12. The molecule has 4 nitrogen and oxygen atoms in total. The Morgan fingerprint density at radius 1 is 1.50 bits per heavy atom. The van der Waals surface area contributed by atoms with Gasteiger partial charge in [-0.1, -0.05) is 11.5 Å². The van der Waals surface area contributed by atoms with Gasteiger partial charge in [0.2, 0.25) is 5.89 Å². The fourth-order valence-electron chi connectivity index (χ4n) is 2.03. The van der Waals surface area contributed by atoms with Crippen molar-refractivity contribution < 1.29 is 4.42 Å². The van der Waals surface area contributed by atoms with Crippen molar-refractivity contribution in [2.45, 2.75) is 37.0 Å². The summed E-state index contributed by atoms with van der Waals surface area (Å²) in [6.07, 6.45) is 6.50. The third kappa shape index (κ3) is 2.83. The van der Waals surface area contributed by atoms with Crippen LogP contribution in [0.2, 0.25) is 0 Å². The Bertz CT molecular complexity index is 334. The fourth-order valence-corrected chi connectivity index (χ4v) is 3.12. The van der Waals surface area contributed by atoms with E-state index in [1.54, 1.807) is 0 Å². The summed E-state index contributed by atoms with van der Waals surface area (Å²) >= 11 is 7.51. The Balaban J connectivity index is 1.92. The summed E-state index contributed by atoms with van der Waals surface area (Å²) in [4.78, 5) is 0. The molecule has 1 fully saturated rings. The average Bonchev–Trinajstić information content (AvgIpc) is 2.89. The van der Waals surface area contributed by atoms with E-state index in [1.165, 1.54) is 19.3 Å². The number of hydrogen-bond acceptors (Lipinski definition) is 5. The molecule has 2 atom stereocenters. The van der Waals surface area contributed by atoms with E-state index in [4.69, 9.17) is 16.0 Å². The third-order valence-corrected chi connectivity index (χ3v) is 4.20. The zero-order chi connectivity index (χ0) is 11.4. The van der Waals surface area contributed by atoms with Gasteiger partial charge in [-0.05, 0) is 19.1 Å². The number of nitrogens with one attached hydrogen (secondary N) is 1. The van der Waals surface area contributed by atoms with E-state index in [1.807, 2.05) is 11.8 Å². The Hall–Kier alpha value is -0.420. The molecule has 1 aromatic rings. The lowest BCUT2D eigenvalue weighted by atomic mass is 10.2. The molecule has 0 spiro atoms. The van der Waals surface area contributed by atoms with Crippen molar-refractivity contribution in [2.75, 3.05) is 17.5 Å². The van der Waals surface area contributed by atoms with E-state index in [0.29, 0.717) is 35.5 Å². The second-order valence-corrected chi connectivity index (χ2v) is 5.35. The second kappa shape index (κ2) is 5.77. The molecule has 0 aliphatic heterocycles. The Morgan fingerprint density at radius 2 is 2.38 bits per heavy atom. The average molecular weight is 262 g/mol. The molecule has 1 saturated carbocycles. The largest absolute Gasteiger partial charge is 0.408 e. The molecule has 90 valence electrons. The van der Waals surface area contributed by atoms with Crippen LogP contribution >= 0.6 is 23.4 Å². The molecule has 2 rings (SSSR count). The maximum Gasteiger partial charge on any atom is 0.315 e. The van der Waals surface area contributed by atoms with E-state index in [-0.39, 0.29) is 0 Å². The van der Waals surface area contributed by atoms with Crippen molar-refractivity contribution in [1.29, 1.82) is 0 Å². The number of aryl methyl sites for hydroxylation is 1. The van der Waals surface area contributed by atoms with Crippen LogP contribution < -0.4 is 5.32 Å². The monoisotopic (exact) mass is 261 g/mol. The first-order valence-corrected chi connectivity index (χ1v) is 7.33. The predicted octanol–water partition coefficient (Wildman–Crippen LogP) is 2.55. The molecule has 0 saturated heterocycles. The molecule has 1 aromatic heterocycles. The first-order chi connectivity index (χ1) is 7.83. The Labute approximate surface area is 105 Å². The van der Waals surface area contributed by atoms with E-state index >= 15 is 0 Å². The van der Waals surface area contributed by atoms with Gasteiger partial charge in [0, 0.05) is 23.6 Å². The lowest BCUT2D eigenvalue weighted by Gasteiger charge is -2.17. The summed E-state index contributed by atoms with van der Waals surface area (Å²) in [6, 6.07) is 0.991. The van der Waals surface area contributed by atoms with Crippen molar-refractivity contribution in [3.05, 3.63) is 5.89 Å². The van der Waals surface area contributed by atoms with Gasteiger partial charge in [-0.3, -0.25) is 0 Å². The number of anilines is 1. The van der Waals surface area contributed by atoms with E-state index in [9.17, 15) is 0 Å². The number of thioether (sulfide) groups is 1. The molecule has 6 heteroatoms.